The molecule has 2 N–H and O–H groups in total. The molecule has 0 aromatic heterocycles. The smallest absolute Gasteiger partial charge is 0.315 e. The molecule has 0 fully saturated rings. The lowest BCUT2D eigenvalue weighted by molar-refractivity contribution is 0.0774. The van der Waals surface area contributed by atoms with Gasteiger partial charge in [0, 0.05) is 19.7 Å². The summed E-state index contributed by atoms with van der Waals surface area (Å²) in [6.45, 7) is 7.24. The van der Waals surface area contributed by atoms with Crippen LogP contribution in [0.1, 0.15) is 31.4 Å². The van der Waals surface area contributed by atoms with E-state index in [1.54, 1.807) is 19.1 Å². The number of carbonyl (C=O) groups is 1. The highest BCUT2D eigenvalue weighted by atomic mass is 19.1. The monoisotopic (exact) mass is 282 g/mol. The molecule has 0 spiro atoms. The van der Waals surface area contributed by atoms with Gasteiger partial charge in [0.05, 0.1) is 6.10 Å². The number of hydrogen-bond donors (Lipinski definition) is 2. The lowest BCUT2D eigenvalue weighted by atomic mass is 10.1. The molecular weight excluding hydrogens is 259 g/mol. The molecule has 0 radical (unpaired) electrons. The van der Waals surface area contributed by atoms with Gasteiger partial charge in [-0.2, -0.15) is 0 Å². The van der Waals surface area contributed by atoms with Crippen LogP contribution in [0.5, 0.6) is 0 Å². The molecule has 0 saturated carbocycles. The van der Waals surface area contributed by atoms with Crippen molar-refractivity contribution < 1.29 is 13.9 Å². The molecule has 0 atom stereocenters. The first-order valence-electron chi connectivity index (χ1n) is 6.87. The van der Waals surface area contributed by atoms with Crippen LogP contribution in [-0.2, 0) is 11.3 Å². The van der Waals surface area contributed by atoms with E-state index in [2.05, 4.69) is 10.6 Å². The quantitative estimate of drug-likeness (QED) is 0.756. The van der Waals surface area contributed by atoms with Crippen molar-refractivity contribution in [1.29, 1.82) is 0 Å². The molecule has 0 aliphatic heterocycles. The average Bonchev–Trinajstić information content (AvgIpc) is 2.39. The largest absolute Gasteiger partial charge is 0.379 e. The highest BCUT2D eigenvalue weighted by molar-refractivity contribution is 5.73. The average molecular weight is 282 g/mol. The van der Waals surface area contributed by atoms with Crippen molar-refractivity contribution in [3.63, 3.8) is 0 Å². The van der Waals surface area contributed by atoms with Crippen LogP contribution >= 0.6 is 0 Å². The summed E-state index contributed by atoms with van der Waals surface area (Å²) in [5.41, 5.74) is 1.46. The number of urea groups is 1. The van der Waals surface area contributed by atoms with Crippen LogP contribution in [0.25, 0.3) is 0 Å². The molecule has 0 aliphatic rings. The fourth-order valence-corrected chi connectivity index (χ4v) is 1.65. The second-order valence-electron chi connectivity index (χ2n) is 4.97. The van der Waals surface area contributed by atoms with Crippen molar-refractivity contribution in [1.82, 2.24) is 10.6 Å². The number of amides is 2. The van der Waals surface area contributed by atoms with E-state index in [0.717, 1.165) is 12.0 Å². The first-order valence-corrected chi connectivity index (χ1v) is 6.87. The second kappa shape index (κ2) is 8.53. The summed E-state index contributed by atoms with van der Waals surface area (Å²) in [4.78, 5) is 11.5. The Bertz CT molecular complexity index is 436. The third kappa shape index (κ3) is 6.52. The zero-order valence-corrected chi connectivity index (χ0v) is 12.3. The predicted molar refractivity (Wildman–Crippen MR) is 77.1 cm³/mol. The summed E-state index contributed by atoms with van der Waals surface area (Å²) in [6, 6.07) is 4.58. The zero-order chi connectivity index (χ0) is 15.0. The molecule has 20 heavy (non-hydrogen) atoms. The fraction of sp³-hybridized carbons (Fsp3) is 0.533. The van der Waals surface area contributed by atoms with Crippen molar-refractivity contribution in [2.24, 2.45) is 0 Å². The van der Waals surface area contributed by atoms with Crippen LogP contribution in [0, 0.1) is 12.7 Å². The Balaban J connectivity index is 2.18. The Kier molecular flexibility index (Phi) is 7.01. The maximum absolute atomic E-state index is 13.1. The summed E-state index contributed by atoms with van der Waals surface area (Å²) >= 11 is 0. The zero-order valence-electron chi connectivity index (χ0n) is 12.3. The molecule has 0 unspecified atom stereocenters. The molecule has 5 heteroatoms. The van der Waals surface area contributed by atoms with Gasteiger partial charge in [0.25, 0.3) is 0 Å². The van der Waals surface area contributed by atoms with E-state index in [1.807, 2.05) is 13.8 Å². The summed E-state index contributed by atoms with van der Waals surface area (Å²) in [7, 11) is 0. The van der Waals surface area contributed by atoms with Crippen LogP contribution in [0.15, 0.2) is 18.2 Å². The van der Waals surface area contributed by atoms with E-state index in [1.165, 1.54) is 6.07 Å². The van der Waals surface area contributed by atoms with Gasteiger partial charge in [-0.3, -0.25) is 0 Å². The molecule has 0 saturated heterocycles. The van der Waals surface area contributed by atoms with E-state index >= 15 is 0 Å². The number of nitrogens with one attached hydrogen (secondary N) is 2. The summed E-state index contributed by atoms with van der Waals surface area (Å²) in [6.07, 6.45) is 0.992. The van der Waals surface area contributed by atoms with Crippen LogP contribution in [0.3, 0.4) is 0 Å². The van der Waals surface area contributed by atoms with E-state index in [4.69, 9.17) is 4.74 Å². The topological polar surface area (TPSA) is 50.4 Å². The van der Waals surface area contributed by atoms with E-state index in [9.17, 15) is 9.18 Å². The standard InChI is InChI=1S/C15H23FN2O2/c1-11(2)20-8-4-7-17-15(19)18-10-13-5-6-14(16)12(3)9-13/h5-6,9,11H,4,7-8,10H2,1-3H3,(H2,17,18,19). The lowest BCUT2D eigenvalue weighted by Crippen LogP contribution is -2.36. The van der Waals surface area contributed by atoms with Crippen LogP contribution in [-0.4, -0.2) is 25.3 Å². The van der Waals surface area contributed by atoms with Gasteiger partial charge < -0.3 is 15.4 Å². The summed E-state index contributed by atoms with van der Waals surface area (Å²) in [5.74, 6) is -0.233. The fourth-order valence-electron chi connectivity index (χ4n) is 1.65. The normalized spacial score (nSPS) is 10.7. The minimum Gasteiger partial charge on any atom is -0.379 e. The van der Waals surface area contributed by atoms with Crippen LogP contribution in [0.2, 0.25) is 0 Å². The van der Waals surface area contributed by atoms with Crippen molar-refractivity contribution in [2.45, 2.75) is 39.8 Å². The molecule has 1 rings (SSSR count). The van der Waals surface area contributed by atoms with Gasteiger partial charge in [-0.1, -0.05) is 12.1 Å². The number of carbonyl (C=O) groups excluding carboxylic acids is 1. The van der Waals surface area contributed by atoms with Gasteiger partial charge in [-0.05, 0) is 44.4 Å². The van der Waals surface area contributed by atoms with Gasteiger partial charge in [0.2, 0.25) is 0 Å². The Morgan fingerprint density at radius 1 is 1.35 bits per heavy atom. The molecule has 1 aromatic rings. The SMILES string of the molecule is Cc1cc(CNC(=O)NCCCOC(C)C)ccc1F. The molecule has 0 aliphatic carbocycles. The summed E-state index contributed by atoms with van der Waals surface area (Å²) in [5, 5.41) is 5.48. The highest BCUT2D eigenvalue weighted by Gasteiger charge is 2.02. The molecule has 2 amide bonds. The number of hydrogen-bond acceptors (Lipinski definition) is 2. The highest BCUT2D eigenvalue weighted by Crippen LogP contribution is 2.08. The minimum absolute atomic E-state index is 0.213. The van der Waals surface area contributed by atoms with Gasteiger partial charge >= 0.3 is 6.03 Å². The molecule has 112 valence electrons. The Labute approximate surface area is 119 Å². The molecule has 0 heterocycles. The van der Waals surface area contributed by atoms with E-state index < -0.39 is 0 Å². The van der Waals surface area contributed by atoms with Crippen LogP contribution in [0.4, 0.5) is 9.18 Å². The maximum Gasteiger partial charge on any atom is 0.315 e. The van der Waals surface area contributed by atoms with Crippen molar-refractivity contribution in [2.75, 3.05) is 13.2 Å². The summed E-state index contributed by atoms with van der Waals surface area (Å²) < 4.78 is 18.5. The third-order valence-corrected chi connectivity index (χ3v) is 2.73. The van der Waals surface area contributed by atoms with Crippen molar-refractivity contribution in [3.05, 3.63) is 35.1 Å². The minimum atomic E-state index is -0.233. The van der Waals surface area contributed by atoms with Crippen LogP contribution < -0.4 is 10.6 Å². The Hall–Kier alpha value is -1.62. The molecular formula is C15H23FN2O2. The Morgan fingerprint density at radius 2 is 2.10 bits per heavy atom. The van der Waals surface area contributed by atoms with Gasteiger partial charge in [-0.25, -0.2) is 9.18 Å². The van der Waals surface area contributed by atoms with E-state index in [-0.39, 0.29) is 18.0 Å². The second-order valence-corrected chi connectivity index (χ2v) is 4.97. The Morgan fingerprint density at radius 3 is 2.75 bits per heavy atom. The predicted octanol–water partition coefficient (Wildman–Crippen LogP) is 2.75. The maximum atomic E-state index is 13.1. The number of ether oxygens (including phenoxy) is 1. The number of halogens is 1. The third-order valence-electron chi connectivity index (χ3n) is 2.73. The van der Waals surface area contributed by atoms with Crippen molar-refractivity contribution in [3.8, 4) is 0 Å². The molecule has 4 nitrogen and oxygen atoms in total. The number of rotatable bonds is 7. The van der Waals surface area contributed by atoms with Gasteiger partial charge in [0.1, 0.15) is 5.82 Å². The molecule has 1 aromatic carbocycles. The van der Waals surface area contributed by atoms with Crippen molar-refractivity contribution >= 4 is 6.03 Å². The number of aryl methyl sites for hydroxylation is 1. The lowest BCUT2D eigenvalue weighted by Gasteiger charge is -2.10. The first kappa shape index (κ1) is 16.4. The first-order chi connectivity index (χ1) is 9.49. The van der Waals surface area contributed by atoms with Gasteiger partial charge in [-0.15, -0.1) is 0 Å². The molecule has 0 bridgehead atoms. The number of benzene rings is 1. The van der Waals surface area contributed by atoms with Gasteiger partial charge in [0.15, 0.2) is 0 Å². The van der Waals surface area contributed by atoms with E-state index in [0.29, 0.717) is 25.3 Å².